The molecule has 0 saturated heterocycles. The maximum Gasteiger partial charge on any atom is 0.276 e. The van der Waals surface area contributed by atoms with Gasteiger partial charge in [0, 0.05) is 5.02 Å². The molecule has 0 radical (unpaired) electrons. The van der Waals surface area contributed by atoms with Crippen LogP contribution in [0.4, 0.5) is 0 Å². The van der Waals surface area contributed by atoms with Gasteiger partial charge in [0.05, 0.1) is 20.1 Å². The zero-order chi connectivity index (χ0) is 19.6. The number of hydrazine groups is 1. The van der Waals surface area contributed by atoms with E-state index in [9.17, 15) is 9.59 Å². The van der Waals surface area contributed by atoms with Crippen molar-refractivity contribution in [3.8, 4) is 17.2 Å². The second-order valence-electron chi connectivity index (χ2n) is 5.55. The smallest absolute Gasteiger partial charge is 0.276 e. The Morgan fingerprint density at radius 3 is 2.41 bits per heavy atom. The van der Waals surface area contributed by atoms with Crippen LogP contribution in [0.2, 0.25) is 5.02 Å². The van der Waals surface area contributed by atoms with Crippen LogP contribution in [-0.4, -0.2) is 32.1 Å². The number of rotatable bonds is 8. The molecule has 7 nitrogen and oxygen atoms in total. The van der Waals surface area contributed by atoms with E-state index in [-0.39, 0.29) is 25.5 Å². The molecule has 144 valence electrons. The van der Waals surface area contributed by atoms with Gasteiger partial charge < -0.3 is 14.2 Å². The van der Waals surface area contributed by atoms with Gasteiger partial charge in [-0.3, -0.25) is 20.4 Å². The van der Waals surface area contributed by atoms with Crippen molar-refractivity contribution in [2.24, 2.45) is 0 Å². The van der Waals surface area contributed by atoms with Gasteiger partial charge in [0.2, 0.25) is 5.91 Å². The number of ether oxygens (including phenoxy) is 3. The van der Waals surface area contributed by atoms with Gasteiger partial charge in [0.1, 0.15) is 5.75 Å². The lowest BCUT2D eigenvalue weighted by molar-refractivity contribution is -0.130. The number of aryl methyl sites for hydroxylation is 1. The van der Waals surface area contributed by atoms with Crippen LogP contribution in [0.3, 0.4) is 0 Å². The van der Waals surface area contributed by atoms with E-state index in [2.05, 4.69) is 10.9 Å². The highest BCUT2D eigenvalue weighted by atomic mass is 35.5. The van der Waals surface area contributed by atoms with Crippen LogP contribution in [0.1, 0.15) is 12.0 Å². The first-order valence-corrected chi connectivity index (χ1v) is 8.60. The highest BCUT2D eigenvalue weighted by Crippen LogP contribution is 2.25. The molecule has 0 aliphatic carbocycles. The lowest BCUT2D eigenvalue weighted by Crippen LogP contribution is -2.44. The summed E-state index contributed by atoms with van der Waals surface area (Å²) in [5.74, 6) is 0.773. The Hall–Kier alpha value is -2.93. The average molecular weight is 393 g/mol. The predicted molar refractivity (Wildman–Crippen MR) is 101 cm³/mol. The molecule has 0 aliphatic rings. The first kappa shape index (κ1) is 20.4. The zero-order valence-corrected chi connectivity index (χ0v) is 15.8. The number of methoxy groups -OCH3 is 1. The van der Waals surface area contributed by atoms with Crippen LogP contribution >= 0.6 is 11.6 Å². The van der Waals surface area contributed by atoms with Crippen LogP contribution in [0.15, 0.2) is 42.5 Å². The van der Waals surface area contributed by atoms with Crippen LogP contribution in [0.5, 0.6) is 17.2 Å². The number of halogens is 1. The van der Waals surface area contributed by atoms with Gasteiger partial charge in [0.15, 0.2) is 18.1 Å². The molecule has 2 aromatic rings. The van der Waals surface area contributed by atoms with Crippen LogP contribution < -0.4 is 25.1 Å². The second-order valence-corrected chi connectivity index (χ2v) is 5.95. The van der Waals surface area contributed by atoms with E-state index in [4.69, 9.17) is 25.8 Å². The van der Waals surface area contributed by atoms with E-state index in [1.807, 2.05) is 13.0 Å². The van der Waals surface area contributed by atoms with Crippen molar-refractivity contribution in [2.45, 2.75) is 13.3 Å². The monoisotopic (exact) mass is 392 g/mol. The summed E-state index contributed by atoms with van der Waals surface area (Å²) in [4.78, 5) is 23.5. The average Bonchev–Trinajstić information content (AvgIpc) is 2.67. The molecule has 0 spiro atoms. The van der Waals surface area contributed by atoms with Gasteiger partial charge >= 0.3 is 0 Å². The van der Waals surface area contributed by atoms with Crippen molar-refractivity contribution in [3.05, 3.63) is 53.1 Å². The number of nitrogens with one attached hydrogen (secondary N) is 2. The molecule has 27 heavy (non-hydrogen) atoms. The SMILES string of the molecule is COc1ccccc1OCCC(=O)NNC(=O)COc1ccc(Cl)c(C)c1. The van der Waals surface area contributed by atoms with E-state index in [1.54, 1.807) is 36.4 Å². The molecule has 0 unspecified atom stereocenters. The Balaban J connectivity index is 1.65. The maximum atomic E-state index is 11.8. The van der Waals surface area contributed by atoms with Crippen molar-refractivity contribution < 1.29 is 23.8 Å². The molecule has 2 N–H and O–H groups in total. The Morgan fingerprint density at radius 1 is 1.00 bits per heavy atom. The van der Waals surface area contributed by atoms with Crippen molar-refractivity contribution in [1.82, 2.24) is 10.9 Å². The van der Waals surface area contributed by atoms with Crippen molar-refractivity contribution in [3.63, 3.8) is 0 Å². The molecule has 0 saturated carbocycles. The molecular formula is C19H21ClN2O5. The zero-order valence-electron chi connectivity index (χ0n) is 15.1. The number of carbonyl (C=O) groups excluding carboxylic acids is 2. The predicted octanol–water partition coefficient (Wildman–Crippen LogP) is 2.65. The molecule has 0 fully saturated rings. The topological polar surface area (TPSA) is 85.9 Å². The van der Waals surface area contributed by atoms with Gasteiger partial charge in [-0.05, 0) is 42.8 Å². The summed E-state index contributed by atoms with van der Waals surface area (Å²) in [6.07, 6.45) is 0.0650. The number of benzene rings is 2. The van der Waals surface area contributed by atoms with Crippen molar-refractivity contribution in [2.75, 3.05) is 20.3 Å². The fraction of sp³-hybridized carbons (Fsp3) is 0.263. The third-order valence-corrected chi connectivity index (χ3v) is 3.92. The van der Waals surface area contributed by atoms with Crippen LogP contribution in [-0.2, 0) is 9.59 Å². The highest BCUT2D eigenvalue weighted by molar-refractivity contribution is 6.31. The van der Waals surface area contributed by atoms with E-state index in [0.717, 1.165) is 5.56 Å². The van der Waals surface area contributed by atoms with E-state index < -0.39 is 5.91 Å². The summed E-state index contributed by atoms with van der Waals surface area (Å²) >= 11 is 5.93. The summed E-state index contributed by atoms with van der Waals surface area (Å²) in [6, 6.07) is 12.2. The van der Waals surface area contributed by atoms with Crippen LogP contribution in [0, 0.1) is 6.92 Å². The number of hydrogen-bond acceptors (Lipinski definition) is 5. The maximum absolute atomic E-state index is 11.8. The quantitative estimate of drug-likeness (QED) is 0.674. The lowest BCUT2D eigenvalue weighted by Gasteiger charge is -2.11. The fourth-order valence-corrected chi connectivity index (χ4v) is 2.20. The Morgan fingerprint density at radius 2 is 1.70 bits per heavy atom. The van der Waals surface area contributed by atoms with Gasteiger partial charge in [0.25, 0.3) is 5.91 Å². The normalized spacial score (nSPS) is 10.0. The van der Waals surface area contributed by atoms with E-state index >= 15 is 0 Å². The number of amides is 2. The first-order valence-electron chi connectivity index (χ1n) is 8.22. The van der Waals surface area contributed by atoms with Gasteiger partial charge in [-0.15, -0.1) is 0 Å². The molecule has 0 aliphatic heterocycles. The van der Waals surface area contributed by atoms with Crippen molar-refractivity contribution >= 4 is 23.4 Å². The summed E-state index contributed by atoms with van der Waals surface area (Å²) in [5.41, 5.74) is 5.43. The summed E-state index contributed by atoms with van der Waals surface area (Å²) in [5, 5.41) is 0.620. The Bertz CT molecular complexity index is 797. The minimum Gasteiger partial charge on any atom is -0.493 e. The number of carbonyl (C=O) groups is 2. The minimum atomic E-state index is -0.485. The molecule has 2 rings (SSSR count). The molecule has 0 aromatic heterocycles. The highest BCUT2D eigenvalue weighted by Gasteiger charge is 2.08. The number of hydrogen-bond donors (Lipinski definition) is 2. The second kappa shape index (κ2) is 10.3. The summed E-state index contributed by atoms with van der Waals surface area (Å²) < 4.78 is 16.0. The first-order chi connectivity index (χ1) is 13.0. The molecule has 0 heterocycles. The molecule has 0 bridgehead atoms. The standard InChI is InChI=1S/C19H21ClN2O5/c1-13-11-14(7-8-15(13)20)27-12-19(24)22-21-18(23)9-10-26-17-6-4-3-5-16(17)25-2/h3-8,11H,9-10,12H2,1-2H3,(H,21,23)(H,22,24). The Kier molecular flexibility index (Phi) is 7.76. The molecule has 2 amide bonds. The minimum absolute atomic E-state index is 0.0650. The van der Waals surface area contributed by atoms with Crippen molar-refractivity contribution in [1.29, 1.82) is 0 Å². The van der Waals surface area contributed by atoms with E-state index in [0.29, 0.717) is 22.3 Å². The fourth-order valence-electron chi connectivity index (χ4n) is 2.09. The largest absolute Gasteiger partial charge is 0.493 e. The summed E-state index contributed by atoms with van der Waals surface area (Å²) in [6.45, 7) is 1.74. The third-order valence-electron chi connectivity index (χ3n) is 3.50. The molecule has 2 aromatic carbocycles. The Labute approximate surface area is 162 Å². The van der Waals surface area contributed by atoms with E-state index in [1.165, 1.54) is 7.11 Å². The third kappa shape index (κ3) is 6.71. The number of para-hydroxylation sites is 2. The lowest BCUT2D eigenvalue weighted by atomic mass is 10.2. The molecular weight excluding hydrogens is 372 g/mol. The van der Waals surface area contributed by atoms with Gasteiger partial charge in [-0.25, -0.2) is 0 Å². The molecule has 0 atom stereocenters. The van der Waals surface area contributed by atoms with Crippen LogP contribution in [0.25, 0.3) is 0 Å². The molecule has 8 heteroatoms. The van der Waals surface area contributed by atoms with Gasteiger partial charge in [-0.1, -0.05) is 23.7 Å². The van der Waals surface area contributed by atoms with Gasteiger partial charge in [-0.2, -0.15) is 0 Å². The summed E-state index contributed by atoms with van der Waals surface area (Å²) in [7, 11) is 1.54.